The summed E-state index contributed by atoms with van der Waals surface area (Å²) in [5.41, 5.74) is 12.1. The molecule has 2 N–H and O–H groups in total. The molecular formula is C18H25NS. The van der Waals surface area contributed by atoms with Crippen LogP contribution in [0.15, 0.2) is 29.6 Å². The van der Waals surface area contributed by atoms with Gasteiger partial charge >= 0.3 is 0 Å². The van der Waals surface area contributed by atoms with Crippen molar-refractivity contribution in [2.45, 2.75) is 52.5 Å². The van der Waals surface area contributed by atoms with Gasteiger partial charge in [-0.1, -0.05) is 39.0 Å². The van der Waals surface area contributed by atoms with E-state index in [9.17, 15) is 0 Å². The molecule has 0 aliphatic carbocycles. The zero-order valence-electron chi connectivity index (χ0n) is 13.2. The smallest absolute Gasteiger partial charge is 0.0430 e. The van der Waals surface area contributed by atoms with Crippen molar-refractivity contribution in [3.8, 4) is 0 Å². The molecular weight excluding hydrogens is 262 g/mol. The summed E-state index contributed by atoms with van der Waals surface area (Å²) < 4.78 is 0. The van der Waals surface area contributed by atoms with Gasteiger partial charge in [-0.25, -0.2) is 0 Å². The molecule has 1 nitrogen and oxygen atoms in total. The van der Waals surface area contributed by atoms with Crippen LogP contribution in [-0.2, 0) is 11.8 Å². The fourth-order valence-electron chi connectivity index (χ4n) is 2.57. The normalized spacial score (nSPS) is 13.5. The van der Waals surface area contributed by atoms with Crippen LogP contribution in [0.3, 0.4) is 0 Å². The number of thiophene rings is 1. The minimum absolute atomic E-state index is 0.105. The molecule has 2 heteroatoms. The molecule has 0 aliphatic rings. The van der Waals surface area contributed by atoms with Gasteiger partial charge in [-0.2, -0.15) is 0 Å². The van der Waals surface area contributed by atoms with E-state index in [-0.39, 0.29) is 11.5 Å². The van der Waals surface area contributed by atoms with Crippen LogP contribution in [0.1, 0.15) is 53.9 Å². The molecule has 0 amide bonds. The van der Waals surface area contributed by atoms with Crippen molar-refractivity contribution in [1.29, 1.82) is 0 Å². The Balaban J connectivity index is 2.29. The van der Waals surface area contributed by atoms with E-state index in [1.807, 2.05) is 0 Å². The number of hydrogen-bond donors (Lipinski definition) is 1. The molecule has 0 spiro atoms. The summed E-state index contributed by atoms with van der Waals surface area (Å²) in [6.45, 7) is 11.2. The molecule has 1 heterocycles. The second-order valence-corrected chi connectivity index (χ2v) is 7.64. The van der Waals surface area contributed by atoms with E-state index in [1.165, 1.54) is 27.1 Å². The molecule has 1 unspecified atom stereocenters. The van der Waals surface area contributed by atoms with Gasteiger partial charge in [0.15, 0.2) is 0 Å². The van der Waals surface area contributed by atoms with Crippen LogP contribution in [0.5, 0.6) is 0 Å². The Hall–Kier alpha value is -1.12. The summed E-state index contributed by atoms with van der Waals surface area (Å²) in [5, 5.41) is 2.09. The van der Waals surface area contributed by atoms with E-state index in [0.29, 0.717) is 0 Å². The maximum atomic E-state index is 6.34. The highest BCUT2D eigenvalue weighted by molar-refractivity contribution is 7.10. The van der Waals surface area contributed by atoms with Crippen molar-refractivity contribution in [2.24, 2.45) is 5.73 Å². The molecule has 1 aromatic heterocycles. The first-order chi connectivity index (χ1) is 9.29. The van der Waals surface area contributed by atoms with Gasteiger partial charge in [0.25, 0.3) is 0 Å². The van der Waals surface area contributed by atoms with E-state index in [1.54, 1.807) is 11.3 Å². The number of benzene rings is 1. The molecule has 0 saturated heterocycles. The highest BCUT2D eigenvalue weighted by Crippen LogP contribution is 2.29. The van der Waals surface area contributed by atoms with Gasteiger partial charge < -0.3 is 5.73 Å². The van der Waals surface area contributed by atoms with Gasteiger partial charge in [0.1, 0.15) is 0 Å². The maximum absolute atomic E-state index is 6.34. The van der Waals surface area contributed by atoms with E-state index in [4.69, 9.17) is 5.73 Å². The van der Waals surface area contributed by atoms with Crippen molar-refractivity contribution >= 4 is 11.3 Å². The quantitative estimate of drug-likeness (QED) is 0.853. The molecule has 1 atom stereocenters. The van der Waals surface area contributed by atoms with Crippen molar-refractivity contribution < 1.29 is 0 Å². The number of aryl methyl sites for hydroxylation is 2. The van der Waals surface area contributed by atoms with Crippen LogP contribution in [0.2, 0.25) is 0 Å². The zero-order valence-corrected chi connectivity index (χ0v) is 14.0. The zero-order chi connectivity index (χ0) is 14.9. The predicted octanol–water partition coefficient (Wildman–Crippen LogP) is 4.90. The van der Waals surface area contributed by atoms with Gasteiger partial charge in [0.2, 0.25) is 0 Å². The highest BCUT2D eigenvalue weighted by atomic mass is 32.1. The van der Waals surface area contributed by atoms with Crippen molar-refractivity contribution in [3.63, 3.8) is 0 Å². The fraction of sp³-hybridized carbons (Fsp3) is 0.444. The topological polar surface area (TPSA) is 26.0 Å². The molecule has 2 rings (SSSR count). The summed E-state index contributed by atoms with van der Waals surface area (Å²) >= 11 is 1.74. The average molecular weight is 287 g/mol. The van der Waals surface area contributed by atoms with Crippen LogP contribution >= 0.6 is 11.3 Å². The molecule has 0 aliphatic heterocycles. The summed E-state index contributed by atoms with van der Waals surface area (Å²) in [5.74, 6) is 0. The van der Waals surface area contributed by atoms with E-state index in [0.717, 1.165) is 6.42 Å². The monoisotopic (exact) mass is 287 g/mol. The Morgan fingerprint density at radius 2 is 1.75 bits per heavy atom. The third-order valence-electron chi connectivity index (χ3n) is 3.89. The third kappa shape index (κ3) is 3.31. The number of rotatable bonds is 3. The lowest BCUT2D eigenvalue weighted by molar-refractivity contribution is 0.588. The standard InChI is InChI=1S/C18H25NS/c1-12-9-14(18(3,4)5)10-13(2)15(12)11-16(19)17-7-6-8-20-17/h6-10,16H,11,19H2,1-5H3. The second kappa shape index (κ2) is 5.71. The van der Waals surface area contributed by atoms with Gasteiger partial charge in [-0.15, -0.1) is 11.3 Å². The van der Waals surface area contributed by atoms with Crippen molar-refractivity contribution in [1.82, 2.24) is 0 Å². The van der Waals surface area contributed by atoms with Crippen LogP contribution in [0, 0.1) is 13.8 Å². The molecule has 0 radical (unpaired) electrons. The Kier molecular flexibility index (Phi) is 4.36. The number of nitrogens with two attached hydrogens (primary N) is 1. The highest BCUT2D eigenvalue weighted by Gasteiger charge is 2.18. The maximum Gasteiger partial charge on any atom is 0.0430 e. The van der Waals surface area contributed by atoms with Gasteiger partial charge in [-0.3, -0.25) is 0 Å². The molecule has 0 bridgehead atoms. The summed E-state index contributed by atoms with van der Waals surface area (Å²) in [6, 6.07) is 8.95. The first-order valence-electron chi connectivity index (χ1n) is 7.18. The minimum atomic E-state index is 0.105. The van der Waals surface area contributed by atoms with E-state index >= 15 is 0 Å². The van der Waals surface area contributed by atoms with Gasteiger partial charge in [-0.05, 0) is 59.4 Å². The average Bonchev–Trinajstić information content (AvgIpc) is 2.85. The molecule has 108 valence electrons. The van der Waals surface area contributed by atoms with E-state index < -0.39 is 0 Å². The van der Waals surface area contributed by atoms with Crippen LogP contribution < -0.4 is 5.73 Å². The largest absolute Gasteiger partial charge is 0.323 e. The van der Waals surface area contributed by atoms with E-state index in [2.05, 4.69) is 64.3 Å². The lowest BCUT2D eigenvalue weighted by atomic mass is 9.83. The molecule has 20 heavy (non-hydrogen) atoms. The van der Waals surface area contributed by atoms with Gasteiger partial charge in [0.05, 0.1) is 0 Å². The molecule has 0 saturated carbocycles. The Morgan fingerprint density at radius 1 is 1.15 bits per heavy atom. The number of hydrogen-bond acceptors (Lipinski definition) is 2. The van der Waals surface area contributed by atoms with Crippen molar-refractivity contribution in [3.05, 3.63) is 56.8 Å². The SMILES string of the molecule is Cc1cc(C(C)(C)C)cc(C)c1CC(N)c1cccs1. The molecule has 2 aromatic rings. The van der Waals surface area contributed by atoms with Gasteiger partial charge in [0, 0.05) is 10.9 Å². The fourth-order valence-corrected chi connectivity index (χ4v) is 3.30. The van der Waals surface area contributed by atoms with Crippen LogP contribution in [0.25, 0.3) is 0 Å². The predicted molar refractivity (Wildman–Crippen MR) is 89.6 cm³/mol. The Bertz CT molecular complexity index is 553. The van der Waals surface area contributed by atoms with Crippen LogP contribution in [-0.4, -0.2) is 0 Å². The summed E-state index contributed by atoms with van der Waals surface area (Å²) in [6.07, 6.45) is 0.919. The summed E-state index contributed by atoms with van der Waals surface area (Å²) in [4.78, 5) is 1.27. The molecule has 0 fully saturated rings. The first kappa shape index (κ1) is 15.3. The second-order valence-electron chi connectivity index (χ2n) is 6.66. The Labute approximate surface area is 126 Å². The lowest BCUT2D eigenvalue weighted by Crippen LogP contribution is -2.16. The first-order valence-corrected chi connectivity index (χ1v) is 8.06. The third-order valence-corrected chi connectivity index (χ3v) is 4.90. The summed E-state index contributed by atoms with van der Waals surface area (Å²) in [7, 11) is 0. The molecule has 1 aromatic carbocycles. The minimum Gasteiger partial charge on any atom is -0.323 e. The lowest BCUT2D eigenvalue weighted by Gasteiger charge is -2.23. The van der Waals surface area contributed by atoms with Crippen molar-refractivity contribution in [2.75, 3.05) is 0 Å². The Morgan fingerprint density at radius 3 is 2.20 bits per heavy atom. The van der Waals surface area contributed by atoms with Crippen LogP contribution in [0.4, 0.5) is 0 Å².